The number of carbonyl (C=O) groups excluding carboxylic acids is 3. The van der Waals surface area contributed by atoms with Crippen molar-refractivity contribution in [3.63, 3.8) is 0 Å². The number of hydrogen-bond donors (Lipinski definition) is 5. The molecular formula is C27H27N3O8. The standard InChI is InChI=1S/C27H27N3O8/c1-30(2)16-9-14(11-4-5-18(38-3)29-10-11)22(32)20-15(16)7-12-6-13-8-17(31)21(26(28)36)25(35)27(13,37)24(34)19(12)23(20)33/h4-5,9-10,12-13,32-33,35,37H,6-8H2,1-3H3,(H2,28,36). The van der Waals surface area contributed by atoms with Gasteiger partial charge in [-0.1, -0.05) is 0 Å². The number of fused-ring (bicyclic) bond motifs is 3. The van der Waals surface area contributed by atoms with Gasteiger partial charge in [0.1, 0.15) is 22.8 Å². The molecule has 1 heterocycles. The summed E-state index contributed by atoms with van der Waals surface area (Å²) in [4.78, 5) is 44.1. The zero-order valence-electron chi connectivity index (χ0n) is 21.0. The fourth-order valence-electron chi connectivity index (χ4n) is 5.95. The maximum atomic E-state index is 13.7. The van der Waals surface area contributed by atoms with E-state index in [2.05, 4.69) is 4.98 Å². The number of phenolic OH excluding ortho intramolecular Hbond substituents is 1. The lowest BCUT2D eigenvalue weighted by Crippen LogP contribution is -2.58. The van der Waals surface area contributed by atoms with Crippen LogP contribution in [0.3, 0.4) is 0 Å². The first kappa shape index (κ1) is 25.3. The van der Waals surface area contributed by atoms with Gasteiger partial charge in [-0.15, -0.1) is 0 Å². The average molecular weight is 522 g/mol. The number of nitrogens with two attached hydrogens (primary N) is 1. The molecule has 2 aromatic rings. The van der Waals surface area contributed by atoms with Gasteiger partial charge in [-0.3, -0.25) is 14.4 Å². The molecule has 11 heteroatoms. The van der Waals surface area contributed by atoms with Gasteiger partial charge in [0.25, 0.3) is 5.91 Å². The lowest BCUT2D eigenvalue weighted by Gasteiger charge is -2.46. The Morgan fingerprint density at radius 3 is 2.47 bits per heavy atom. The number of nitrogens with zero attached hydrogens (tertiary/aromatic N) is 2. The number of ketones is 2. The lowest BCUT2D eigenvalue weighted by atomic mass is 9.59. The zero-order valence-corrected chi connectivity index (χ0v) is 21.0. The number of anilines is 1. The number of hydrogen-bond acceptors (Lipinski definition) is 10. The molecule has 0 radical (unpaired) electrons. The smallest absolute Gasteiger partial charge is 0.255 e. The molecule has 5 rings (SSSR count). The first-order chi connectivity index (χ1) is 17.9. The van der Waals surface area contributed by atoms with Crippen molar-refractivity contribution in [2.75, 3.05) is 26.1 Å². The molecule has 1 amide bonds. The number of benzene rings is 1. The van der Waals surface area contributed by atoms with E-state index in [1.165, 1.54) is 13.3 Å². The lowest BCUT2D eigenvalue weighted by molar-refractivity contribution is -0.147. The molecule has 3 aliphatic carbocycles. The predicted octanol–water partition coefficient (Wildman–Crippen LogP) is 1.56. The number of rotatable bonds is 4. The Bertz CT molecular complexity index is 1470. The Morgan fingerprint density at radius 2 is 1.89 bits per heavy atom. The number of methoxy groups -OCH3 is 1. The van der Waals surface area contributed by atoms with E-state index in [9.17, 15) is 34.8 Å². The highest BCUT2D eigenvalue weighted by molar-refractivity contribution is 6.22. The number of aliphatic hydroxyl groups is 3. The summed E-state index contributed by atoms with van der Waals surface area (Å²) in [6.45, 7) is 0. The topological polar surface area (TPSA) is 184 Å². The third-order valence-electron chi connectivity index (χ3n) is 7.78. The molecule has 0 aliphatic heterocycles. The Morgan fingerprint density at radius 1 is 1.18 bits per heavy atom. The summed E-state index contributed by atoms with van der Waals surface area (Å²) in [7, 11) is 5.08. The van der Waals surface area contributed by atoms with Crippen LogP contribution in [0.15, 0.2) is 41.3 Å². The summed E-state index contributed by atoms with van der Waals surface area (Å²) in [5.41, 5.74) is 3.79. The molecule has 1 aromatic heterocycles. The molecule has 1 aromatic carbocycles. The van der Waals surface area contributed by atoms with Gasteiger partial charge < -0.3 is 35.8 Å². The number of amides is 1. The van der Waals surface area contributed by atoms with Crippen molar-refractivity contribution >= 4 is 28.9 Å². The molecule has 38 heavy (non-hydrogen) atoms. The number of ether oxygens (including phenoxy) is 1. The van der Waals surface area contributed by atoms with E-state index in [1.807, 2.05) is 4.90 Å². The number of primary amides is 1. The van der Waals surface area contributed by atoms with Crippen molar-refractivity contribution in [2.45, 2.75) is 24.9 Å². The van der Waals surface area contributed by atoms with Crippen LogP contribution < -0.4 is 15.4 Å². The number of phenols is 1. The minimum atomic E-state index is -2.60. The molecule has 0 saturated heterocycles. The van der Waals surface area contributed by atoms with Crippen LogP contribution in [0.1, 0.15) is 24.0 Å². The minimum Gasteiger partial charge on any atom is -0.508 e. The monoisotopic (exact) mass is 521 g/mol. The van der Waals surface area contributed by atoms with Crippen LogP contribution in [-0.4, -0.2) is 69.7 Å². The SMILES string of the molecule is COc1ccc(-c2cc(N(C)C)c3c(c2O)C(O)=C2C(=O)C4(O)C(O)=C(C(N)=O)C(=O)CC4CC2C3)cn1. The molecule has 6 N–H and O–H groups in total. The maximum Gasteiger partial charge on any atom is 0.255 e. The molecule has 1 saturated carbocycles. The number of pyridine rings is 1. The molecule has 3 atom stereocenters. The highest BCUT2D eigenvalue weighted by atomic mass is 16.5. The average Bonchev–Trinajstić information content (AvgIpc) is 2.86. The van der Waals surface area contributed by atoms with Crippen LogP contribution in [0.5, 0.6) is 11.6 Å². The van der Waals surface area contributed by atoms with E-state index in [0.717, 1.165) is 0 Å². The van der Waals surface area contributed by atoms with Gasteiger partial charge in [-0.25, -0.2) is 4.98 Å². The number of Topliss-reactive ketones (excluding diaryl/α,β-unsaturated/α-hetero) is 2. The molecular weight excluding hydrogens is 494 g/mol. The Balaban J connectivity index is 1.73. The van der Waals surface area contributed by atoms with Crippen molar-refractivity contribution in [3.05, 3.63) is 52.4 Å². The molecule has 0 bridgehead atoms. The number of aromatic hydroxyl groups is 1. The van der Waals surface area contributed by atoms with Crippen LogP contribution in [0.4, 0.5) is 5.69 Å². The first-order valence-electron chi connectivity index (χ1n) is 12.0. The predicted molar refractivity (Wildman–Crippen MR) is 135 cm³/mol. The molecule has 3 unspecified atom stereocenters. The fraction of sp³-hybridized carbons (Fsp3) is 0.333. The third-order valence-corrected chi connectivity index (χ3v) is 7.78. The molecule has 198 valence electrons. The maximum absolute atomic E-state index is 13.7. The quantitative estimate of drug-likeness (QED) is 0.370. The summed E-state index contributed by atoms with van der Waals surface area (Å²) in [6.07, 6.45) is 1.43. The van der Waals surface area contributed by atoms with Crippen molar-refractivity contribution in [2.24, 2.45) is 17.6 Å². The zero-order chi connectivity index (χ0) is 27.7. The summed E-state index contributed by atoms with van der Waals surface area (Å²) >= 11 is 0. The van der Waals surface area contributed by atoms with Gasteiger partial charge in [-0.05, 0) is 36.5 Å². The van der Waals surface area contributed by atoms with E-state index >= 15 is 0 Å². The number of aromatic nitrogens is 1. The van der Waals surface area contributed by atoms with Crippen molar-refractivity contribution < 1.29 is 39.5 Å². The van der Waals surface area contributed by atoms with Crippen LogP contribution in [0.2, 0.25) is 0 Å². The minimum absolute atomic E-state index is 0.0224. The van der Waals surface area contributed by atoms with Gasteiger partial charge in [-0.2, -0.15) is 0 Å². The highest BCUT2D eigenvalue weighted by Crippen LogP contribution is 2.54. The van der Waals surface area contributed by atoms with E-state index in [1.54, 1.807) is 32.3 Å². The van der Waals surface area contributed by atoms with Crippen LogP contribution in [0.25, 0.3) is 16.9 Å². The van der Waals surface area contributed by atoms with Gasteiger partial charge in [0.05, 0.1) is 12.7 Å². The molecule has 1 fully saturated rings. The Kier molecular flexibility index (Phi) is 5.71. The van der Waals surface area contributed by atoms with Crippen LogP contribution in [0, 0.1) is 11.8 Å². The normalized spacial score (nSPS) is 24.5. The van der Waals surface area contributed by atoms with E-state index < -0.39 is 52.0 Å². The van der Waals surface area contributed by atoms with E-state index in [0.29, 0.717) is 28.3 Å². The number of carbonyl (C=O) groups is 3. The van der Waals surface area contributed by atoms with E-state index in [4.69, 9.17) is 10.5 Å². The second-order valence-corrected chi connectivity index (χ2v) is 10.0. The molecule has 11 nitrogen and oxygen atoms in total. The van der Waals surface area contributed by atoms with Gasteiger partial charge in [0, 0.05) is 61.1 Å². The second-order valence-electron chi connectivity index (χ2n) is 10.0. The Hall–Kier alpha value is -4.38. The highest BCUT2D eigenvalue weighted by Gasteiger charge is 2.60. The molecule has 0 spiro atoms. The summed E-state index contributed by atoms with van der Waals surface area (Å²) < 4.78 is 5.10. The van der Waals surface area contributed by atoms with Gasteiger partial charge in [0.15, 0.2) is 11.4 Å². The fourth-order valence-corrected chi connectivity index (χ4v) is 5.95. The van der Waals surface area contributed by atoms with Gasteiger partial charge >= 0.3 is 0 Å². The summed E-state index contributed by atoms with van der Waals surface area (Å²) in [5.74, 6) is -6.23. The summed E-state index contributed by atoms with van der Waals surface area (Å²) in [6, 6.07) is 5.07. The largest absolute Gasteiger partial charge is 0.508 e. The van der Waals surface area contributed by atoms with Crippen molar-refractivity contribution in [3.8, 4) is 22.8 Å². The number of aliphatic hydroxyl groups excluding tert-OH is 2. The van der Waals surface area contributed by atoms with Crippen LogP contribution >= 0.6 is 0 Å². The van der Waals surface area contributed by atoms with E-state index in [-0.39, 0.29) is 36.1 Å². The third kappa shape index (κ3) is 3.38. The van der Waals surface area contributed by atoms with Crippen LogP contribution in [-0.2, 0) is 20.8 Å². The second kappa shape index (κ2) is 8.59. The van der Waals surface area contributed by atoms with Crippen molar-refractivity contribution in [1.29, 1.82) is 0 Å². The Labute approximate surface area is 217 Å². The van der Waals surface area contributed by atoms with Gasteiger partial charge in [0.2, 0.25) is 11.7 Å². The molecule has 3 aliphatic rings. The summed E-state index contributed by atoms with van der Waals surface area (Å²) in [5, 5.41) is 45.0. The first-order valence-corrected chi connectivity index (χ1v) is 12.0. The van der Waals surface area contributed by atoms with Crippen molar-refractivity contribution in [1.82, 2.24) is 4.98 Å².